The molecule has 0 saturated carbocycles. The van der Waals surface area contributed by atoms with Crippen LogP contribution >= 0.6 is 0 Å². The van der Waals surface area contributed by atoms with Crippen molar-refractivity contribution in [1.82, 2.24) is 10.6 Å². The molecule has 6 heteroatoms. The van der Waals surface area contributed by atoms with Gasteiger partial charge >= 0.3 is 6.09 Å². The number of guanidine groups is 1. The van der Waals surface area contributed by atoms with Gasteiger partial charge in [0.1, 0.15) is 5.60 Å². The number of ether oxygens (including phenoxy) is 1. The summed E-state index contributed by atoms with van der Waals surface area (Å²) in [7, 11) is 1.63. The van der Waals surface area contributed by atoms with Crippen LogP contribution in [0.3, 0.4) is 0 Å². The van der Waals surface area contributed by atoms with Crippen LogP contribution in [0.5, 0.6) is 0 Å². The number of alkyl carbamates (subject to hydrolysis) is 1. The Labute approximate surface area is 128 Å². The number of nitrogens with one attached hydrogen (secondary N) is 2. The molecule has 0 aliphatic heterocycles. The van der Waals surface area contributed by atoms with Crippen LogP contribution in [0, 0.1) is 0 Å². The lowest BCUT2D eigenvalue weighted by atomic mass is 10.1. The third kappa shape index (κ3) is 13.4. The molecule has 6 nitrogen and oxygen atoms in total. The van der Waals surface area contributed by atoms with E-state index < -0.39 is 11.7 Å². The number of amides is 1. The second-order valence-corrected chi connectivity index (χ2v) is 6.04. The minimum absolute atomic E-state index is 0.451. The van der Waals surface area contributed by atoms with E-state index in [0.717, 1.165) is 25.9 Å². The van der Waals surface area contributed by atoms with Crippen molar-refractivity contribution in [3.63, 3.8) is 0 Å². The Hall–Kier alpha value is -1.30. The molecule has 124 valence electrons. The van der Waals surface area contributed by atoms with Crippen LogP contribution in [0.25, 0.3) is 0 Å². The largest absolute Gasteiger partial charge is 0.444 e. The summed E-state index contributed by atoms with van der Waals surface area (Å²) >= 11 is 0. The van der Waals surface area contributed by atoms with Crippen molar-refractivity contribution in [3.05, 3.63) is 0 Å². The van der Waals surface area contributed by atoms with Crippen molar-refractivity contribution in [2.75, 3.05) is 20.1 Å². The highest BCUT2D eigenvalue weighted by Crippen LogP contribution is 2.06. The molecule has 0 unspecified atom stereocenters. The van der Waals surface area contributed by atoms with Crippen LogP contribution in [0.15, 0.2) is 4.99 Å². The zero-order chi connectivity index (χ0) is 16.1. The molecule has 0 aromatic heterocycles. The summed E-state index contributed by atoms with van der Waals surface area (Å²) < 4.78 is 5.17. The highest BCUT2D eigenvalue weighted by atomic mass is 16.6. The van der Waals surface area contributed by atoms with Crippen LogP contribution in [-0.4, -0.2) is 37.8 Å². The summed E-state index contributed by atoms with van der Waals surface area (Å²) in [4.78, 5) is 15.6. The zero-order valence-electron chi connectivity index (χ0n) is 14.0. The Morgan fingerprint density at radius 3 is 2.19 bits per heavy atom. The fourth-order valence-corrected chi connectivity index (χ4v) is 1.76. The Balaban J connectivity index is 3.70. The molecule has 0 saturated heterocycles. The smallest absolute Gasteiger partial charge is 0.414 e. The number of rotatable bonds is 8. The highest BCUT2D eigenvalue weighted by molar-refractivity contribution is 5.93. The van der Waals surface area contributed by atoms with E-state index in [-0.39, 0.29) is 0 Å². The van der Waals surface area contributed by atoms with Gasteiger partial charge in [-0.1, -0.05) is 25.7 Å². The van der Waals surface area contributed by atoms with Gasteiger partial charge < -0.3 is 15.8 Å². The monoisotopic (exact) mass is 300 g/mol. The van der Waals surface area contributed by atoms with E-state index in [1.54, 1.807) is 7.05 Å². The SMILES string of the molecule is CN=C(NCCCCCCCCN)NC(=O)OC(C)(C)C. The summed E-state index contributed by atoms with van der Waals surface area (Å²) in [6.07, 6.45) is 6.52. The molecular weight excluding hydrogens is 268 g/mol. The number of unbranched alkanes of at least 4 members (excludes halogenated alkanes) is 5. The standard InChI is InChI=1S/C15H32N4O2/c1-15(2,3)21-14(20)19-13(17-4)18-12-10-8-6-5-7-9-11-16/h5-12,16H2,1-4H3,(H2,17,18,19,20). The number of nitrogens with zero attached hydrogens (tertiary/aromatic N) is 1. The number of carbonyl (C=O) groups is 1. The fourth-order valence-electron chi connectivity index (χ4n) is 1.76. The molecule has 0 heterocycles. The van der Waals surface area contributed by atoms with Gasteiger partial charge in [-0.25, -0.2) is 4.79 Å². The zero-order valence-corrected chi connectivity index (χ0v) is 14.0. The molecule has 0 aromatic rings. The Bertz CT molecular complexity index is 311. The molecule has 21 heavy (non-hydrogen) atoms. The molecule has 0 spiro atoms. The van der Waals surface area contributed by atoms with Crippen LogP contribution in [0.4, 0.5) is 4.79 Å². The molecule has 1 amide bonds. The van der Waals surface area contributed by atoms with E-state index in [1.807, 2.05) is 20.8 Å². The third-order valence-electron chi connectivity index (χ3n) is 2.77. The number of hydrogen-bond acceptors (Lipinski definition) is 4. The number of carbonyl (C=O) groups excluding carboxylic acids is 1. The Kier molecular flexibility index (Phi) is 10.7. The predicted octanol–water partition coefficient (Wildman–Crippen LogP) is 2.39. The maximum atomic E-state index is 11.6. The Morgan fingerprint density at radius 2 is 1.67 bits per heavy atom. The first-order valence-corrected chi connectivity index (χ1v) is 7.79. The van der Waals surface area contributed by atoms with E-state index in [4.69, 9.17) is 10.5 Å². The quantitative estimate of drug-likeness (QED) is 0.365. The van der Waals surface area contributed by atoms with E-state index in [9.17, 15) is 4.79 Å². The number of aliphatic imine (C=N–C) groups is 1. The van der Waals surface area contributed by atoms with Gasteiger partial charge in [-0.15, -0.1) is 0 Å². The molecular formula is C15H32N4O2. The second-order valence-electron chi connectivity index (χ2n) is 6.04. The first kappa shape index (κ1) is 19.7. The van der Waals surface area contributed by atoms with E-state index in [0.29, 0.717) is 5.96 Å². The van der Waals surface area contributed by atoms with Crippen LogP contribution in [0.1, 0.15) is 59.3 Å². The first-order valence-electron chi connectivity index (χ1n) is 7.79. The average Bonchev–Trinajstić information content (AvgIpc) is 2.38. The van der Waals surface area contributed by atoms with Crippen molar-refractivity contribution >= 4 is 12.1 Å². The Morgan fingerprint density at radius 1 is 1.10 bits per heavy atom. The second kappa shape index (κ2) is 11.4. The van der Waals surface area contributed by atoms with E-state index in [2.05, 4.69) is 15.6 Å². The first-order chi connectivity index (χ1) is 9.89. The van der Waals surface area contributed by atoms with Gasteiger partial charge in [0.25, 0.3) is 0 Å². The van der Waals surface area contributed by atoms with Crippen LogP contribution in [0.2, 0.25) is 0 Å². The topological polar surface area (TPSA) is 88.7 Å². The summed E-state index contributed by atoms with van der Waals surface area (Å²) in [5.74, 6) is 0.451. The van der Waals surface area contributed by atoms with Crippen molar-refractivity contribution in [2.24, 2.45) is 10.7 Å². The molecule has 0 aliphatic carbocycles. The lowest BCUT2D eigenvalue weighted by Gasteiger charge is -2.20. The van der Waals surface area contributed by atoms with Gasteiger partial charge in [0.15, 0.2) is 0 Å². The summed E-state index contributed by atoms with van der Waals surface area (Å²) in [5, 5.41) is 5.71. The summed E-state index contributed by atoms with van der Waals surface area (Å²) in [6, 6.07) is 0. The van der Waals surface area contributed by atoms with E-state index >= 15 is 0 Å². The molecule has 4 N–H and O–H groups in total. The van der Waals surface area contributed by atoms with Crippen molar-refractivity contribution in [3.8, 4) is 0 Å². The van der Waals surface area contributed by atoms with Crippen molar-refractivity contribution in [2.45, 2.75) is 64.9 Å². The molecule has 0 atom stereocenters. The maximum absolute atomic E-state index is 11.6. The van der Waals surface area contributed by atoms with Gasteiger partial charge in [-0.3, -0.25) is 10.3 Å². The van der Waals surface area contributed by atoms with Gasteiger partial charge in [0.2, 0.25) is 5.96 Å². The normalized spacial score (nSPS) is 12.1. The minimum Gasteiger partial charge on any atom is -0.444 e. The maximum Gasteiger partial charge on any atom is 0.414 e. The third-order valence-corrected chi connectivity index (χ3v) is 2.77. The molecule has 0 radical (unpaired) electrons. The predicted molar refractivity (Wildman–Crippen MR) is 87.5 cm³/mol. The molecule has 0 fully saturated rings. The summed E-state index contributed by atoms with van der Waals surface area (Å²) in [5.41, 5.74) is 4.94. The molecule has 0 aromatic carbocycles. The summed E-state index contributed by atoms with van der Waals surface area (Å²) in [6.45, 7) is 7.06. The lowest BCUT2D eigenvalue weighted by Crippen LogP contribution is -2.43. The number of hydrogen-bond donors (Lipinski definition) is 3. The van der Waals surface area contributed by atoms with Crippen LogP contribution < -0.4 is 16.4 Å². The van der Waals surface area contributed by atoms with Crippen LogP contribution in [-0.2, 0) is 4.74 Å². The fraction of sp³-hybridized carbons (Fsp3) is 0.867. The molecule has 0 rings (SSSR count). The van der Waals surface area contributed by atoms with Gasteiger partial charge in [-0.05, 0) is 40.2 Å². The lowest BCUT2D eigenvalue weighted by molar-refractivity contribution is 0.0561. The number of nitrogens with two attached hydrogens (primary N) is 1. The van der Waals surface area contributed by atoms with Gasteiger partial charge in [0.05, 0.1) is 0 Å². The minimum atomic E-state index is -0.507. The molecule has 0 bridgehead atoms. The highest BCUT2D eigenvalue weighted by Gasteiger charge is 2.16. The van der Waals surface area contributed by atoms with Gasteiger partial charge in [0, 0.05) is 13.6 Å². The van der Waals surface area contributed by atoms with Gasteiger partial charge in [-0.2, -0.15) is 0 Å². The van der Waals surface area contributed by atoms with Crippen molar-refractivity contribution in [1.29, 1.82) is 0 Å². The molecule has 0 aliphatic rings. The van der Waals surface area contributed by atoms with E-state index in [1.165, 1.54) is 25.7 Å². The average molecular weight is 300 g/mol. The van der Waals surface area contributed by atoms with Crippen molar-refractivity contribution < 1.29 is 9.53 Å².